The number of hydrogen-bond acceptors (Lipinski definition) is 3. The van der Waals surface area contributed by atoms with Crippen molar-refractivity contribution < 1.29 is 4.42 Å². The third-order valence-electron chi connectivity index (χ3n) is 6.16. The lowest BCUT2D eigenvalue weighted by Crippen LogP contribution is -1.84. The summed E-state index contributed by atoms with van der Waals surface area (Å²) < 4.78 is 6.18. The van der Waals surface area contributed by atoms with Gasteiger partial charge in [0.2, 0.25) is 5.89 Å². The zero-order valence-electron chi connectivity index (χ0n) is 18.8. The van der Waals surface area contributed by atoms with E-state index in [0.717, 1.165) is 38.9 Å². The molecule has 0 aliphatic carbocycles. The fourth-order valence-electron chi connectivity index (χ4n) is 4.38. The first-order valence-electron chi connectivity index (χ1n) is 11.4. The molecule has 0 radical (unpaired) electrons. The van der Waals surface area contributed by atoms with E-state index in [0.29, 0.717) is 11.5 Å². The average molecular weight is 449 g/mol. The Morgan fingerprint density at radius 1 is 0.543 bits per heavy atom. The molecule has 6 rings (SSSR count). The molecule has 0 N–H and O–H groups in total. The van der Waals surface area contributed by atoms with E-state index in [2.05, 4.69) is 66.7 Å². The lowest BCUT2D eigenvalue weighted by Gasteiger charge is -2.05. The highest BCUT2D eigenvalue weighted by molar-refractivity contribution is 5.92. The van der Waals surface area contributed by atoms with Gasteiger partial charge in [-0.15, -0.1) is 0 Å². The van der Waals surface area contributed by atoms with Crippen LogP contribution in [0.4, 0.5) is 0 Å². The van der Waals surface area contributed by atoms with E-state index in [-0.39, 0.29) is 0 Å². The molecule has 5 aromatic carbocycles. The number of nitrogens with zero attached hydrogens (tertiary/aromatic N) is 2. The largest absolute Gasteiger partial charge is 0.436 e. The van der Waals surface area contributed by atoms with Crippen molar-refractivity contribution in [1.82, 2.24) is 4.98 Å². The fraction of sp³-hybridized carbons (Fsp3) is 0. The van der Waals surface area contributed by atoms with Crippen LogP contribution in [0.15, 0.2) is 126 Å². The summed E-state index contributed by atoms with van der Waals surface area (Å²) in [4.78, 5) is 4.89. The maximum absolute atomic E-state index is 9.24. The van der Waals surface area contributed by atoms with E-state index in [9.17, 15) is 5.26 Å². The fourth-order valence-corrected chi connectivity index (χ4v) is 4.38. The lowest BCUT2D eigenvalue weighted by atomic mass is 9.99. The minimum atomic E-state index is 0.576. The Labute approximate surface area is 203 Å². The van der Waals surface area contributed by atoms with Gasteiger partial charge in [-0.2, -0.15) is 5.26 Å². The van der Waals surface area contributed by atoms with Gasteiger partial charge in [0.05, 0.1) is 11.6 Å². The number of para-hydroxylation sites is 1. The molecule has 164 valence electrons. The van der Waals surface area contributed by atoms with Gasteiger partial charge in [0.25, 0.3) is 0 Å². The molecule has 0 saturated heterocycles. The van der Waals surface area contributed by atoms with Crippen LogP contribution >= 0.6 is 0 Å². The molecule has 0 aliphatic rings. The number of oxazole rings is 1. The van der Waals surface area contributed by atoms with E-state index in [1.807, 2.05) is 60.7 Å². The minimum Gasteiger partial charge on any atom is -0.436 e. The highest BCUT2D eigenvalue weighted by atomic mass is 16.3. The minimum absolute atomic E-state index is 0.576. The number of aromatic nitrogens is 1. The van der Waals surface area contributed by atoms with Gasteiger partial charge in [-0.25, -0.2) is 4.98 Å². The van der Waals surface area contributed by atoms with Crippen LogP contribution in [0.25, 0.3) is 55.9 Å². The number of hydrogen-bond donors (Lipinski definition) is 0. The first-order valence-corrected chi connectivity index (χ1v) is 11.4. The molecular formula is C32H20N2O. The van der Waals surface area contributed by atoms with Crippen LogP contribution in [0, 0.1) is 11.3 Å². The van der Waals surface area contributed by atoms with Crippen LogP contribution in [0.2, 0.25) is 0 Å². The smallest absolute Gasteiger partial charge is 0.227 e. The number of rotatable bonds is 4. The Morgan fingerprint density at radius 2 is 1.17 bits per heavy atom. The molecule has 0 fully saturated rings. The van der Waals surface area contributed by atoms with E-state index in [1.165, 1.54) is 11.1 Å². The topological polar surface area (TPSA) is 49.8 Å². The van der Waals surface area contributed by atoms with Gasteiger partial charge in [-0.05, 0) is 58.1 Å². The number of fused-ring (bicyclic) bond motifs is 1. The first-order chi connectivity index (χ1) is 17.3. The van der Waals surface area contributed by atoms with Crippen molar-refractivity contribution in [3.63, 3.8) is 0 Å². The maximum atomic E-state index is 9.24. The van der Waals surface area contributed by atoms with Crippen LogP contribution in [0.1, 0.15) is 5.56 Å². The summed E-state index contributed by atoms with van der Waals surface area (Å²) >= 11 is 0. The van der Waals surface area contributed by atoms with Crippen LogP contribution in [0.5, 0.6) is 0 Å². The Morgan fingerprint density at radius 3 is 1.97 bits per heavy atom. The molecule has 0 bridgehead atoms. The predicted molar refractivity (Wildman–Crippen MR) is 140 cm³/mol. The second-order valence-corrected chi connectivity index (χ2v) is 8.39. The van der Waals surface area contributed by atoms with Crippen molar-refractivity contribution >= 4 is 11.1 Å². The number of nitriles is 1. The maximum Gasteiger partial charge on any atom is 0.227 e. The van der Waals surface area contributed by atoms with Gasteiger partial charge in [0.15, 0.2) is 5.58 Å². The normalized spacial score (nSPS) is 10.8. The molecule has 0 unspecified atom stereocenters. The molecule has 0 aliphatic heterocycles. The standard InChI is InChI=1S/C32H20N2O/c33-21-22-7-4-10-26(19-22)27-11-5-12-28(20-27)32-34-31-29(13-6-14-30(31)35-32)25-17-15-24(16-18-25)23-8-2-1-3-9-23/h1-20H. The predicted octanol–water partition coefficient (Wildman–Crippen LogP) is 8.37. The van der Waals surface area contributed by atoms with E-state index in [1.54, 1.807) is 0 Å². The van der Waals surface area contributed by atoms with Crippen molar-refractivity contribution in [2.75, 3.05) is 0 Å². The zero-order chi connectivity index (χ0) is 23.6. The molecule has 1 heterocycles. The first kappa shape index (κ1) is 20.7. The molecular weight excluding hydrogens is 428 g/mol. The SMILES string of the molecule is N#Cc1cccc(-c2cccc(-c3nc4c(-c5ccc(-c6ccccc6)cc5)cccc4o3)c2)c1. The van der Waals surface area contributed by atoms with E-state index < -0.39 is 0 Å². The van der Waals surface area contributed by atoms with Crippen molar-refractivity contribution in [2.45, 2.75) is 0 Å². The van der Waals surface area contributed by atoms with Crippen molar-refractivity contribution in [2.24, 2.45) is 0 Å². The van der Waals surface area contributed by atoms with Crippen LogP contribution in [-0.4, -0.2) is 4.98 Å². The molecule has 0 atom stereocenters. The summed E-state index contributed by atoms with van der Waals surface area (Å²) in [5, 5.41) is 9.24. The molecule has 0 saturated carbocycles. The molecule has 1 aromatic heterocycles. The number of benzene rings is 5. The Balaban J connectivity index is 1.38. The van der Waals surface area contributed by atoms with Gasteiger partial charge in [-0.3, -0.25) is 0 Å². The van der Waals surface area contributed by atoms with Crippen LogP contribution < -0.4 is 0 Å². The van der Waals surface area contributed by atoms with Crippen molar-refractivity contribution in [3.8, 4) is 50.9 Å². The third kappa shape index (κ3) is 3.99. The van der Waals surface area contributed by atoms with Gasteiger partial charge >= 0.3 is 0 Å². The quantitative estimate of drug-likeness (QED) is 0.272. The highest BCUT2D eigenvalue weighted by Crippen LogP contribution is 2.34. The van der Waals surface area contributed by atoms with Gasteiger partial charge < -0.3 is 4.42 Å². The van der Waals surface area contributed by atoms with Gasteiger partial charge in [0.1, 0.15) is 5.52 Å². The monoisotopic (exact) mass is 448 g/mol. The Kier molecular flexibility index (Phi) is 5.18. The molecule has 6 aromatic rings. The highest BCUT2D eigenvalue weighted by Gasteiger charge is 2.14. The summed E-state index contributed by atoms with van der Waals surface area (Å²) in [6.07, 6.45) is 0. The van der Waals surface area contributed by atoms with Gasteiger partial charge in [-0.1, -0.05) is 91.0 Å². The molecule has 35 heavy (non-hydrogen) atoms. The van der Waals surface area contributed by atoms with Crippen molar-refractivity contribution in [3.05, 3.63) is 127 Å². The van der Waals surface area contributed by atoms with E-state index in [4.69, 9.17) is 9.40 Å². The summed E-state index contributed by atoms with van der Waals surface area (Å²) in [5.41, 5.74) is 9.63. The lowest BCUT2D eigenvalue weighted by molar-refractivity contribution is 0.620. The summed E-state index contributed by atoms with van der Waals surface area (Å²) in [5.74, 6) is 0.576. The summed E-state index contributed by atoms with van der Waals surface area (Å²) in [6, 6.07) is 42.8. The average Bonchev–Trinajstić information content (AvgIpc) is 3.39. The molecule has 3 heteroatoms. The summed E-state index contributed by atoms with van der Waals surface area (Å²) in [6.45, 7) is 0. The second kappa shape index (κ2) is 8.78. The molecule has 0 amide bonds. The van der Waals surface area contributed by atoms with Crippen LogP contribution in [0.3, 0.4) is 0 Å². The molecule has 3 nitrogen and oxygen atoms in total. The van der Waals surface area contributed by atoms with E-state index >= 15 is 0 Å². The van der Waals surface area contributed by atoms with Crippen molar-refractivity contribution in [1.29, 1.82) is 5.26 Å². The zero-order valence-corrected chi connectivity index (χ0v) is 18.8. The third-order valence-corrected chi connectivity index (χ3v) is 6.16. The second-order valence-electron chi connectivity index (χ2n) is 8.39. The van der Waals surface area contributed by atoms with Crippen LogP contribution in [-0.2, 0) is 0 Å². The Bertz CT molecular complexity index is 1690. The van der Waals surface area contributed by atoms with Gasteiger partial charge in [0, 0.05) is 11.1 Å². The Hall–Kier alpha value is -4.94. The summed E-state index contributed by atoms with van der Waals surface area (Å²) in [7, 11) is 0. The molecule has 0 spiro atoms.